The molecule has 1 aliphatic heterocycles. The largest absolute Gasteiger partial charge is 0.508 e. The van der Waals surface area contributed by atoms with E-state index in [1.54, 1.807) is 17.0 Å². The highest BCUT2D eigenvalue weighted by Gasteiger charge is 2.27. The normalized spacial score (nSPS) is 17.0. The van der Waals surface area contributed by atoms with Gasteiger partial charge in [-0.2, -0.15) is 0 Å². The molecule has 0 saturated heterocycles. The van der Waals surface area contributed by atoms with Gasteiger partial charge in [-0.1, -0.05) is 6.07 Å². The van der Waals surface area contributed by atoms with Crippen LogP contribution in [0.25, 0.3) is 0 Å². The van der Waals surface area contributed by atoms with Gasteiger partial charge in [0.2, 0.25) is 5.56 Å². The summed E-state index contributed by atoms with van der Waals surface area (Å²) in [5.74, 6) is 0.492. The second-order valence-electron chi connectivity index (χ2n) is 6.39. The van der Waals surface area contributed by atoms with Crippen molar-refractivity contribution in [2.45, 2.75) is 31.7 Å². The average Bonchev–Trinajstić information content (AvgIpc) is 3.37. The lowest BCUT2D eigenvalue weighted by atomic mass is 9.99. The molecule has 1 aliphatic carbocycles. The molecule has 23 heavy (non-hydrogen) atoms. The van der Waals surface area contributed by atoms with E-state index in [2.05, 4.69) is 4.98 Å². The molecular weight excluding hydrogens is 292 g/mol. The fourth-order valence-corrected chi connectivity index (χ4v) is 3.20. The smallest absolute Gasteiger partial charge is 0.254 e. The van der Waals surface area contributed by atoms with Gasteiger partial charge in [0.25, 0.3) is 5.91 Å². The number of aromatic hydroxyl groups is 1. The Kier molecular flexibility index (Phi) is 3.22. The number of hydrogen-bond donors (Lipinski definition) is 2. The molecule has 0 unspecified atom stereocenters. The van der Waals surface area contributed by atoms with Crippen LogP contribution in [0.1, 0.15) is 45.9 Å². The number of pyridine rings is 1. The first kappa shape index (κ1) is 14.1. The van der Waals surface area contributed by atoms with Crippen molar-refractivity contribution in [3.8, 4) is 5.75 Å². The SMILES string of the molecule is O=C(c1cc(C2CC2)[nH]c(=O)c1)N1CCc2ccc(O)cc2C1. The number of benzene rings is 1. The Morgan fingerprint density at radius 1 is 1.17 bits per heavy atom. The predicted octanol–water partition coefficient (Wildman–Crippen LogP) is 2.16. The van der Waals surface area contributed by atoms with Crippen LogP contribution < -0.4 is 5.56 Å². The highest BCUT2D eigenvalue weighted by molar-refractivity contribution is 5.94. The molecule has 0 radical (unpaired) electrons. The van der Waals surface area contributed by atoms with E-state index < -0.39 is 0 Å². The third-order valence-corrected chi connectivity index (χ3v) is 4.62. The molecule has 118 valence electrons. The Labute approximate surface area is 133 Å². The monoisotopic (exact) mass is 310 g/mol. The van der Waals surface area contributed by atoms with Crippen LogP contribution in [-0.4, -0.2) is 27.4 Å². The second kappa shape index (κ2) is 5.26. The minimum Gasteiger partial charge on any atom is -0.508 e. The number of carbonyl (C=O) groups excluding carboxylic acids is 1. The van der Waals surface area contributed by atoms with Crippen molar-refractivity contribution in [3.63, 3.8) is 0 Å². The molecule has 5 nitrogen and oxygen atoms in total. The number of phenols is 1. The first-order chi connectivity index (χ1) is 11.1. The molecule has 0 spiro atoms. The van der Waals surface area contributed by atoms with Gasteiger partial charge in [-0.05, 0) is 54.5 Å². The number of rotatable bonds is 2. The van der Waals surface area contributed by atoms with Crippen molar-refractivity contribution in [1.82, 2.24) is 9.88 Å². The summed E-state index contributed by atoms with van der Waals surface area (Å²) in [5, 5.41) is 9.62. The van der Waals surface area contributed by atoms with Crippen molar-refractivity contribution in [3.05, 3.63) is 63.1 Å². The summed E-state index contributed by atoms with van der Waals surface area (Å²) in [4.78, 5) is 29.1. The topological polar surface area (TPSA) is 73.4 Å². The zero-order chi connectivity index (χ0) is 16.0. The summed E-state index contributed by atoms with van der Waals surface area (Å²) in [6.45, 7) is 1.09. The van der Waals surface area contributed by atoms with Crippen LogP contribution in [0, 0.1) is 0 Å². The predicted molar refractivity (Wildman–Crippen MR) is 85.6 cm³/mol. The number of aromatic nitrogens is 1. The van der Waals surface area contributed by atoms with Crippen molar-refractivity contribution >= 4 is 5.91 Å². The van der Waals surface area contributed by atoms with Gasteiger partial charge in [0, 0.05) is 30.4 Å². The summed E-state index contributed by atoms with van der Waals surface area (Å²) in [5.41, 5.74) is 3.25. The molecule has 2 aromatic rings. The first-order valence-electron chi connectivity index (χ1n) is 7.94. The minimum atomic E-state index is -0.215. The molecule has 0 atom stereocenters. The fourth-order valence-electron chi connectivity index (χ4n) is 3.20. The molecule has 2 aliphatic rings. The van der Waals surface area contributed by atoms with Gasteiger partial charge in [0.15, 0.2) is 0 Å². The first-order valence-corrected chi connectivity index (χ1v) is 7.94. The summed E-state index contributed by atoms with van der Waals surface area (Å²) in [6.07, 6.45) is 2.91. The van der Waals surface area contributed by atoms with Crippen LogP contribution in [0.4, 0.5) is 0 Å². The van der Waals surface area contributed by atoms with E-state index in [1.807, 2.05) is 12.1 Å². The Balaban J connectivity index is 1.61. The summed E-state index contributed by atoms with van der Waals surface area (Å²) in [7, 11) is 0. The summed E-state index contributed by atoms with van der Waals surface area (Å²) >= 11 is 0. The van der Waals surface area contributed by atoms with Crippen molar-refractivity contribution in [2.24, 2.45) is 0 Å². The number of fused-ring (bicyclic) bond motifs is 1. The zero-order valence-corrected chi connectivity index (χ0v) is 12.7. The van der Waals surface area contributed by atoms with Crippen molar-refractivity contribution in [1.29, 1.82) is 0 Å². The van der Waals surface area contributed by atoms with Gasteiger partial charge in [0.05, 0.1) is 0 Å². The maximum absolute atomic E-state index is 12.8. The molecule has 4 rings (SSSR count). The number of phenolic OH excluding ortho intramolecular Hbond substituents is 1. The van der Waals surface area contributed by atoms with E-state index in [1.165, 1.54) is 6.07 Å². The van der Waals surface area contributed by atoms with E-state index in [9.17, 15) is 14.7 Å². The third kappa shape index (κ3) is 2.74. The number of nitrogens with one attached hydrogen (secondary N) is 1. The van der Waals surface area contributed by atoms with Gasteiger partial charge in [0.1, 0.15) is 5.75 Å². The molecule has 5 heteroatoms. The van der Waals surface area contributed by atoms with Crippen molar-refractivity contribution in [2.75, 3.05) is 6.54 Å². The molecule has 0 bridgehead atoms. The minimum absolute atomic E-state index is 0.119. The van der Waals surface area contributed by atoms with Crippen molar-refractivity contribution < 1.29 is 9.90 Å². The Morgan fingerprint density at radius 3 is 2.78 bits per heavy atom. The van der Waals surface area contributed by atoms with Gasteiger partial charge >= 0.3 is 0 Å². The van der Waals surface area contributed by atoms with Crippen LogP contribution in [0.3, 0.4) is 0 Å². The lowest BCUT2D eigenvalue weighted by Crippen LogP contribution is -2.36. The zero-order valence-electron chi connectivity index (χ0n) is 12.7. The third-order valence-electron chi connectivity index (χ3n) is 4.62. The Morgan fingerprint density at radius 2 is 2.00 bits per heavy atom. The fraction of sp³-hybridized carbons (Fsp3) is 0.333. The number of hydrogen-bond acceptors (Lipinski definition) is 3. The maximum Gasteiger partial charge on any atom is 0.254 e. The molecular formula is C18H18N2O3. The standard InChI is InChI=1S/C18H18N2O3/c21-15-4-3-11-5-6-20(10-14(11)7-15)18(23)13-8-16(12-1-2-12)19-17(22)9-13/h3-4,7-9,12,21H,1-2,5-6,10H2,(H,19,22). The molecule has 1 fully saturated rings. The van der Waals surface area contributed by atoms with E-state index >= 15 is 0 Å². The van der Waals surface area contributed by atoms with Crippen LogP contribution in [-0.2, 0) is 13.0 Å². The molecule has 1 amide bonds. The number of carbonyl (C=O) groups is 1. The van der Waals surface area contributed by atoms with E-state index in [0.29, 0.717) is 24.6 Å². The number of nitrogens with zero attached hydrogens (tertiary/aromatic N) is 1. The molecule has 1 aromatic heterocycles. The van der Waals surface area contributed by atoms with E-state index in [0.717, 1.165) is 36.1 Å². The van der Waals surface area contributed by atoms with Crippen LogP contribution in [0.15, 0.2) is 35.1 Å². The molecule has 2 N–H and O–H groups in total. The number of aromatic amines is 1. The van der Waals surface area contributed by atoms with E-state index in [-0.39, 0.29) is 17.2 Å². The van der Waals surface area contributed by atoms with Crippen LogP contribution in [0.2, 0.25) is 0 Å². The maximum atomic E-state index is 12.8. The quantitative estimate of drug-likeness (QED) is 0.892. The summed E-state index contributed by atoms with van der Waals surface area (Å²) in [6, 6.07) is 8.49. The van der Waals surface area contributed by atoms with Crippen LogP contribution >= 0.6 is 0 Å². The molecule has 1 aromatic carbocycles. The lowest BCUT2D eigenvalue weighted by molar-refractivity contribution is 0.0734. The van der Waals surface area contributed by atoms with Gasteiger partial charge in [-0.3, -0.25) is 9.59 Å². The van der Waals surface area contributed by atoms with Crippen LogP contribution in [0.5, 0.6) is 5.75 Å². The highest BCUT2D eigenvalue weighted by atomic mass is 16.3. The lowest BCUT2D eigenvalue weighted by Gasteiger charge is -2.29. The highest BCUT2D eigenvalue weighted by Crippen LogP contribution is 2.38. The second-order valence-corrected chi connectivity index (χ2v) is 6.39. The summed E-state index contributed by atoms with van der Waals surface area (Å²) < 4.78 is 0. The van der Waals surface area contributed by atoms with Gasteiger partial charge < -0.3 is 15.0 Å². The van der Waals surface area contributed by atoms with Gasteiger partial charge in [-0.15, -0.1) is 0 Å². The Bertz CT molecular complexity index is 836. The number of amides is 1. The molecule has 1 saturated carbocycles. The Hall–Kier alpha value is -2.56. The average molecular weight is 310 g/mol. The van der Waals surface area contributed by atoms with E-state index in [4.69, 9.17) is 0 Å². The number of H-pyrrole nitrogens is 1. The van der Waals surface area contributed by atoms with Gasteiger partial charge in [-0.25, -0.2) is 0 Å². The molecule has 2 heterocycles.